The summed E-state index contributed by atoms with van der Waals surface area (Å²) in [5, 5.41) is 2.83. The molecular weight excluding hydrogens is 488 g/mol. The number of carbonyl (C=O) groups excluding carboxylic acids is 1. The van der Waals surface area contributed by atoms with E-state index in [1.807, 2.05) is 30.3 Å². The maximum absolute atomic E-state index is 14.6. The van der Waals surface area contributed by atoms with Gasteiger partial charge in [-0.25, -0.2) is 18.7 Å². The molecule has 1 aromatic heterocycles. The van der Waals surface area contributed by atoms with Crippen molar-refractivity contribution >= 4 is 28.5 Å². The Balaban J connectivity index is 1.71. The number of nitrogens with one attached hydrogen (secondary N) is 1. The zero-order valence-corrected chi connectivity index (χ0v) is 20.9. The van der Waals surface area contributed by atoms with Gasteiger partial charge < -0.3 is 20.5 Å². The minimum absolute atomic E-state index is 0.0138. The first-order valence-corrected chi connectivity index (χ1v) is 11.7. The number of amides is 1. The van der Waals surface area contributed by atoms with Crippen LogP contribution in [-0.2, 0) is 17.8 Å². The average Bonchev–Trinajstić information content (AvgIpc) is 2.86. The van der Waals surface area contributed by atoms with E-state index in [4.69, 9.17) is 15.2 Å². The molecular formula is C25H27F2N5O3S. The maximum Gasteiger partial charge on any atom is 0.275 e. The van der Waals surface area contributed by atoms with Gasteiger partial charge in [0.2, 0.25) is 5.88 Å². The molecule has 0 aliphatic rings. The molecule has 3 rings (SSSR count). The van der Waals surface area contributed by atoms with Gasteiger partial charge in [-0.15, -0.1) is 0 Å². The fourth-order valence-corrected chi connectivity index (χ4v) is 4.40. The Kier molecular flexibility index (Phi) is 9.31. The molecule has 0 fully saturated rings. The Labute approximate surface area is 212 Å². The number of carbonyl (C=O) groups is 1. The first kappa shape index (κ1) is 27.0. The first-order chi connectivity index (χ1) is 17.2. The van der Waals surface area contributed by atoms with Crippen LogP contribution in [0, 0.1) is 11.6 Å². The summed E-state index contributed by atoms with van der Waals surface area (Å²) in [5.41, 5.74) is 6.91. The number of nitrogens with zero attached hydrogens (tertiary/aromatic N) is 3. The number of nitrogens with two attached hydrogens (primary N) is 1. The second-order valence-electron chi connectivity index (χ2n) is 8.12. The summed E-state index contributed by atoms with van der Waals surface area (Å²) in [6.45, 7) is 2.31. The third-order valence-corrected chi connectivity index (χ3v) is 6.18. The van der Waals surface area contributed by atoms with Gasteiger partial charge in [0.1, 0.15) is 12.3 Å². The van der Waals surface area contributed by atoms with Crippen LogP contribution in [0.4, 0.5) is 14.5 Å². The van der Waals surface area contributed by atoms with E-state index < -0.39 is 22.3 Å². The smallest absolute Gasteiger partial charge is 0.275 e. The zero-order valence-electron chi connectivity index (χ0n) is 20.1. The molecule has 3 N–H and O–H groups in total. The Morgan fingerprint density at radius 1 is 1.19 bits per heavy atom. The Hall–Kier alpha value is -3.57. The molecule has 0 unspecified atom stereocenters. The quantitative estimate of drug-likeness (QED) is 0.307. The molecule has 1 heterocycles. The number of benzene rings is 2. The lowest BCUT2D eigenvalue weighted by Crippen LogP contribution is -2.33. The molecule has 1 amide bonds. The molecule has 190 valence electrons. The Morgan fingerprint density at radius 2 is 1.94 bits per heavy atom. The van der Waals surface area contributed by atoms with E-state index in [1.165, 1.54) is 44.4 Å². The molecule has 0 aliphatic carbocycles. The third-order valence-electron chi connectivity index (χ3n) is 5.04. The predicted molar refractivity (Wildman–Crippen MR) is 136 cm³/mol. The molecule has 1 atom stereocenters. The molecule has 36 heavy (non-hydrogen) atoms. The molecule has 2 aromatic carbocycles. The summed E-state index contributed by atoms with van der Waals surface area (Å²) in [6, 6.07) is 11.8. The Bertz CT molecular complexity index is 1210. The number of aromatic nitrogens is 2. The van der Waals surface area contributed by atoms with Crippen LogP contribution in [0.15, 0.2) is 59.9 Å². The predicted octanol–water partition coefficient (Wildman–Crippen LogP) is 4.21. The maximum atomic E-state index is 14.6. The summed E-state index contributed by atoms with van der Waals surface area (Å²) in [5.74, 6) is -2.50. The highest BCUT2D eigenvalue weighted by molar-refractivity contribution is 8.15. The lowest BCUT2D eigenvalue weighted by Gasteiger charge is -2.28. The number of anilines is 1. The van der Waals surface area contributed by atoms with Crippen molar-refractivity contribution in [2.75, 3.05) is 26.1 Å². The number of aliphatic imine (C=N–C) groups is 1. The monoisotopic (exact) mass is 515 g/mol. The van der Waals surface area contributed by atoms with Crippen LogP contribution >= 0.6 is 11.8 Å². The van der Waals surface area contributed by atoms with Crippen molar-refractivity contribution in [3.63, 3.8) is 0 Å². The van der Waals surface area contributed by atoms with Crippen LogP contribution in [0.25, 0.3) is 0 Å². The van der Waals surface area contributed by atoms with Crippen molar-refractivity contribution < 1.29 is 23.0 Å². The average molecular weight is 516 g/mol. The highest BCUT2D eigenvalue weighted by Crippen LogP contribution is 2.32. The molecule has 0 bridgehead atoms. The van der Waals surface area contributed by atoms with E-state index in [2.05, 4.69) is 20.3 Å². The zero-order chi connectivity index (χ0) is 26.1. The van der Waals surface area contributed by atoms with Crippen LogP contribution < -0.4 is 15.8 Å². The molecule has 0 aliphatic heterocycles. The van der Waals surface area contributed by atoms with Crippen LogP contribution in [-0.4, -0.2) is 46.6 Å². The van der Waals surface area contributed by atoms with E-state index in [9.17, 15) is 13.6 Å². The van der Waals surface area contributed by atoms with Crippen LogP contribution in [0.2, 0.25) is 0 Å². The molecule has 0 spiro atoms. The SMILES string of the molecule is C/N=C(/N)S[C@@](C)(COC)Cc1cc(NC(=O)c2cnc(OCc3ccccc3)cn2)cc(F)c1F. The summed E-state index contributed by atoms with van der Waals surface area (Å²) in [6.07, 6.45) is 2.64. The topological polar surface area (TPSA) is 112 Å². The van der Waals surface area contributed by atoms with Gasteiger partial charge in [-0.2, -0.15) is 0 Å². The summed E-state index contributed by atoms with van der Waals surface area (Å²) >= 11 is 1.20. The molecule has 0 saturated heterocycles. The van der Waals surface area contributed by atoms with Crippen molar-refractivity contribution in [2.24, 2.45) is 10.7 Å². The number of thioether (sulfide) groups is 1. The van der Waals surface area contributed by atoms with E-state index in [0.29, 0.717) is 6.61 Å². The van der Waals surface area contributed by atoms with E-state index in [1.54, 1.807) is 6.92 Å². The highest BCUT2D eigenvalue weighted by Gasteiger charge is 2.30. The third kappa shape index (κ3) is 7.46. The minimum Gasteiger partial charge on any atom is -0.472 e. The molecule has 8 nitrogen and oxygen atoms in total. The van der Waals surface area contributed by atoms with Gasteiger partial charge >= 0.3 is 0 Å². The normalized spacial score (nSPS) is 13.2. The Morgan fingerprint density at radius 3 is 2.58 bits per heavy atom. The lowest BCUT2D eigenvalue weighted by molar-refractivity contribution is 0.102. The van der Waals surface area contributed by atoms with Crippen LogP contribution in [0.1, 0.15) is 28.5 Å². The number of rotatable bonds is 10. The molecule has 11 heteroatoms. The number of amidine groups is 1. The first-order valence-electron chi connectivity index (χ1n) is 10.9. The van der Waals surface area contributed by atoms with E-state index in [-0.39, 0.29) is 41.0 Å². The van der Waals surface area contributed by atoms with Crippen LogP contribution in [0.5, 0.6) is 5.88 Å². The van der Waals surface area contributed by atoms with Crippen molar-refractivity contribution in [2.45, 2.75) is 24.7 Å². The summed E-state index contributed by atoms with van der Waals surface area (Å²) in [7, 11) is 3.04. The van der Waals surface area contributed by atoms with Crippen molar-refractivity contribution in [3.8, 4) is 5.88 Å². The number of ether oxygens (including phenoxy) is 2. The second kappa shape index (κ2) is 12.4. The fourth-order valence-electron chi connectivity index (χ4n) is 3.40. The van der Waals surface area contributed by atoms with Gasteiger partial charge in [-0.05, 0) is 30.5 Å². The number of methoxy groups -OCH3 is 1. The number of hydrogen-bond donors (Lipinski definition) is 2. The minimum atomic E-state index is -1.10. The standard InChI is InChI=1S/C25H27F2N5O3S/c1-25(15-34-3,36-24(28)29-2)11-17-9-18(10-19(26)22(17)27)32-23(33)20-12-31-21(13-30-20)35-14-16-7-5-4-6-8-16/h4-10,12-13H,11,14-15H2,1-3H3,(H2,28,29)(H,32,33)/t25-/m1/s1. The number of halogens is 2. The number of hydrogen-bond acceptors (Lipinski definition) is 7. The van der Waals surface area contributed by atoms with Gasteiger partial charge in [0, 0.05) is 30.7 Å². The van der Waals surface area contributed by atoms with Gasteiger partial charge in [-0.1, -0.05) is 42.1 Å². The molecule has 0 saturated carbocycles. The van der Waals surface area contributed by atoms with Crippen molar-refractivity contribution in [1.82, 2.24) is 9.97 Å². The van der Waals surface area contributed by atoms with E-state index >= 15 is 0 Å². The second-order valence-corrected chi connectivity index (χ2v) is 9.73. The highest BCUT2D eigenvalue weighted by atomic mass is 32.2. The fraction of sp³-hybridized carbons (Fsp3) is 0.280. The van der Waals surface area contributed by atoms with Crippen molar-refractivity contribution in [1.29, 1.82) is 0 Å². The van der Waals surface area contributed by atoms with E-state index in [0.717, 1.165) is 11.6 Å². The van der Waals surface area contributed by atoms with Gasteiger partial charge in [-0.3, -0.25) is 9.79 Å². The molecule has 0 radical (unpaired) electrons. The summed E-state index contributed by atoms with van der Waals surface area (Å²) < 4.78 is 39.1. The lowest BCUT2D eigenvalue weighted by atomic mass is 9.99. The van der Waals surface area contributed by atoms with Crippen LogP contribution in [0.3, 0.4) is 0 Å². The molecule has 3 aromatic rings. The van der Waals surface area contributed by atoms with Gasteiger partial charge in [0.25, 0.3) is 5.91 Å². The van der Waals surface area contributed by atoms with Gasteiger partial charge in [0.15, 0.2) is 16.8 Å². The summed E-state index contributed by atoms with van der Waals surface area (Å²) in [4.78, 5) is 24.7. The van der Waals surface area contributed by atoms with Gasteiger partial charge in [0.05, 0.1) is 19.0 Å². The largest absolute Gasteiger partial charge is 0.472 e. The van der Waals surface area contributed by atoms with Crippen molar-refractivity contribution in [3.05, 3.63) is 83.3 Å².